The minimum atomic E-state index is 0.128. The first-order chi connectivity index (χ1) is 8.40. The van der Waals surface area contributed by atoms with Crippen molar-refractivity contribution in [3.63, 3.8) is 0 Å². The van der Waals surface area contributed by atoms with Gasteiger partial charge in [0, 0.05) is 23.8 Å². The first-order valence-electron chi connectivity index (χ1n) is 6.06. The van der Waals surface area contributed by atoms with E-state index in [1.54, 1.807) is 0 Å². The van der Waals surface area contributed by atoms with Crippen molar-refractivity contribution in [1.29, 1.82) is 0 Å². The molecular weight excluding hydrogens is 214 g/mol. The highest BCUT2D eigenvalue weighted by molar-refractivity contribution is 5.97. The molecule has 0 saturated carbocycles. The summed E-state index contributed by atoms with van der Waals surface area (Å²) >= 11 is 0. The van der Waals surface area contributed by atoms with Crippen LogP contribution in [-0.4, -0.2) is 17.5 Å². The van der Waals surface area contributed by atoms with Crippen molar-refractivity contribution in [2.75, 3.05) is 6.61 Å². The first kappa shape index (κ1) is 10.5. The molecule has 1 saturated heterocycles. The molecule has 88 valence electrons. The monoisotopic (exact) mass is 229 g/mol. The van der Waals surface area contributed by atoms with Crippen molar-refractivity contribution < 1.29 is 9.53 Å². The van der Waals surface area contributed by atoms with E-state index in [0.717, 1.165) is 42.2 Å². The Hall–Kier alpha value is -1.61. The maximum Gasteiger partial charge on any atom is 0.150 e. The molecule has 1 aliphatic rings. The van der Waals surface area contributed by atoms with E-state index in [-0.39, 0.29) is 6.23 Å². The van der Waals surface area contributed by atoms with Gasteiger partial charge in [0.25, 0.3) is 0 Å². The second kappa shape index (κ2) is 4.34. The molecule has 0 amide bonds. The zero-order valence-electron chi connectivity index (χ0n) is 9.63. The summed E-state index contributed by atoms with van der Waals surface area (Å²) in [5, 5.41) is 1.01. The highest BCUT2D eigenvalue weighted by atomic mass is 16.5. The molecule has 2 aromatic rings. The van der Waals surface area contributed by atoms with Gasteiger partial charge in [-0.25, -0.2) is 0 Å². The summed E-state index contributed by atoms with van der Waals surface area (Å²) in [6, 6.07) is 7.81. The van der Waals surface area contributed by atoms with E-state index in [4.69, 9.17) is 4.74 Å². The van der Waals surface area contributed by atoms with Crippen LogP contribution >= 0.6 is 0 Å². The van der Waals surface area contributed by atoms with Gasteiger partial charge < -0.3 is 9.30 Å². The van der Waals surface area contributed by atoms with Crippen LogP contribution in [0.25, 0.3) is 10.9 Å². The summed E-state index contributed by atoms with van der Waals surface area (Å²) in [5.41, 5.74) is 1.83. The summed E-state index contributed by atoms with van der Waals surface area (Å²) in [6.45, 7) is 0.831. The molecule has 0 spiro atoms. The van der Waals surface area contributed by atoms with Crippen molar-refractivity contribution in [3.05, 3.63) is 36.0 Å². The molecule has 0 radical (unpaired) electrons. The summed E-state index contributed by atoms with van der Waals surface area (Å²) in [4.78, 5) is 11.0. The Morgan fingerprint density at radius 1 is 1.29 bits per heavy atom. The van der Waals surface area contributed by atoms with Gasteiger partial charge in [-0.15, -0.1) is 0 Å². The lowest BCUT2D eigenvalue weighted by Crippen LogP contribution is -2.17. The van der Waals surface area contributed by atoms with E-state index in [9.17, 15) is 4.79 Å². The van der Waals surface area contributed by atoms with Crippen LogP contribution in [0.2, 0.25) is 0 Å². The third-order valence-corrected chi connectivity index (χ3v) is 3.39. The average molecular weight is 229 g/mol. The number of fused-ring (bicyclic) bond motifs is 1. The lowest BCUT2D eigenvalue weighted by atomic mass is 10.1. The number of hydrogen-bond acceptors (Lipinski definition) is 2. The van der Waals surface area contributed by atoms with Crippen LogP contribution in [-0.2, 0) is 4.74 Å². The normalized spacial score (nSPS) is 20.6. The fourth-order valence-corrected chi connectivity index (χ4v) is 2.51. The molecule has 1 atom stereocenters. The second-order valence-corrected chi connectivity index (χ2v) is 4.44. The van der Waals surface area contributed by atoms with E-state index < -0.39 is 0 Å². The minimum absolute atomic E-state index is 0.128. The third-order valence-electron chi connectivity index (χ3n) is 3.39. The summed E-state index contributed by atoms with van der Waals surface area (Å²) < 4.78 is 7.92. The molecule has 1 aliphatic heterocycles. The van der Waals surface area contributed by atoms with Crippen molar-refractivity contribution in [2.45, 2.75) is 25.5 Å². The Labute approximate surface area is 100.0 Å². The minimum Gasteiger partial charge on any atom is -0.358 e. The van der Waals surface area contributed by atoms with Gasteiger partial charge in [-0.2, -0.15) is 0 Å². The molecule has 3 rings (SSSR count). The van der Waals surface area contributed by atoms with Gasteiger partial charge in [-0.1, -0.05) is 12.1 Å². The number of benzene rings is 1. The zero-order chi connectivity index (χ0) is 11.7. The topological polar surface area (TPSA) is 31.2 Å². The molecule has 0 N–H and O–H groups in total. The van der Waals surface area contributed by atoms with E-state index in [1.807, 2.05) is 30.5 Å². The molecule has 1 aromatic carbocycles. The van der Waals surface area contributed by atoms with Crippen LogP contribution in [0.3, 0.4) is 0 Å². The van der Waals surface area contributed by atoms with Crippen molar-refractivity contribution in [3.8, 4) is 0 Å². The van der Waals surface area contributed by atoms with Crippen molar-refractivity contribution in [2.24, 2.45) is 0 Å². The van der Waals surface area contributed by atoms with Gasteiger partial charge in [0.05, 0.1) is 5.52 Å². The Morgan fingerprint density at radius 2 is 2.24 bits per heavy atom. The Bertz CT molecular complexity index is 538. The average Bonchev–Trinajstić information content (AvgIpc) is 2.83. The number of aromatic nitrogens is 1. The largest absolute Gasteiger partial charge is 0.358 e. The van der Waals surface area contributed by atoms with Gasteiger partial charge in [0.1, 0.15) is 6.23 Å². The van der Waals surface area contributed by atoms with Crippen LogP contribution in [0.5, 0.6) is 0 Å². The lowest BCUT2D eigenvalue weighted by Gasteiger charge is -2.24. The molecule has 2 heterocycles. The number of aldehydes is 1. The van der Waals surface area contributed by atoms with Gasteiger partial charge in [0.15, 0.2) is 6.29 Å². The molecule has 17 heavy (non-hydrogen) atoms. The number of carbonyl (C=O) groups is 1. The number of nitrogens with zero attached hydrogens (tertiary/aromatic N) is 1. The van der Waals surface area contributed by atoms with E-state index in [2.05, 4.69) is 4.57 Å². The van der Waals surface area contributed by atoms with Gasteiger partial charge in [-0.3, -0.25) is 4.79 Å². The molecule has 3 heteroatoms. The van der Waals surface area contributed by atoms with E-state index in [1.165, 1.54) is 6.42 Å². The fourth-order valence-electron chi connectivity index (χ4n) is 2.51. The summed E-state index contributed by atoms with van der Waals surface area (Å²) in [7, 11) is 0. The van der Waals surface area contributed by atoms with Crippen LogP contribution in [0, 0.1) is 0 Å². The Balaban J connectivity index is 2.08. The summed E-state index contributed by atoms with van der Waals surface area (Å²) in [5.74, 6) is 0. The van der Waals surface area contributed by atoms with Crippen molar-refractivity contribution in [1.82, 2.24) is 4.57 Å². The van der Waals surface area contributed by atoms with Gasteiger partial charge in [0.2, 0.25) is 0 Å². The third kappa shape index (κ3) is 1.76. The quantitative estimate of drug-likeness (QED) is 0.741. The van der Waals surface area contributed by atoms with Crippen LogP contribution < -0.4 is 0 Å². The van der Waals surface area contributed by atoms with Crippen LogP contribution in [0.15, 0.2) is 30.5 Å². The molecule has 1 unspecified atom stereocenters. The predicted octanol–water partition coefficient (Wildman–Crippen LogP) is 3.15. The SMILES string of the molecule is O=Cc1cccc2c1ccn2C1CCCCO1. The lowest BCUT2D eigenvalue weighted by molar-refractivity contribution is -0.0291. The smallest absolute Gasteiger partial charge is 0.150 e. The van der Waals surface area contributed by atoms with Crippen LogP contribution in [0.4, 0.5) is 0 Å². The van der Waals surface area contributed by atoms with E-state index in [0.29, 0.717) is 0 Å². The number of carbonyl (C=O) groups excluding carboxylic acids is 1. The first-order valence-corrected chi connectivity index (χ1v) is 6.06. The van der Waals surface area contributed by atoms with Crippen molar-refractivity contribution >= 4 is 17.2 Å². The second-order valence-electron chi connectivity index (χ2n) is 4.44. The molecule has 0 aliphatic carbocycles. The van der Waals surface area contributed by atoms with Crippen LogP contribution in [0.1, 0.15) is 35.8 Å². The maximum atomic E-state index is 11.0. The summed E-state index contributed by atoms with van der Waals surface area (Å²) in [6.07, 6.45) is 6.47. The van der Waals surface area contributed by atoms with Gasteiger partial charge in [-0.05, 0) is 31.4 Å². The molecule has 1 fully saturated rings. The highest BCUT2D eigenvalue weighted by Crippen LogP contribution is 2.28. The molecule has 1 aromatic heterocycles. The number of rotatable bonds is 2. The molecule has 3 nitrogen and oxygen atoms in total. The standard InChI is InChI=1S/C14H15NO2/c16-10-11-4-3-5-13-12(11)7-8-15(13)14-6-1-2-9-17-14/h3-5,7-8,10,14H,1-2,6,9H2. The number of ether oxygens (including phenoxy) is 1. The maximum absolute atomic E-state index is 11.0. The Kier molecular flexibility index (Phi) is 2.69. The Morgan fingerprint density at radius 3 is 3.00 bits per heavy atom. The highest BCUT2D eigenvalue weighted by Gasteiger charge is 2.17. The number of hydrogen-bond donors (Lipinski definition) is 0. The van der Waals surface area contributed by atoms with E-state index >= 15 is 0 Å². The predicted molar refractivity (Wildman–Crippen MR) is 66.2 cm³/mol. The zero-order valence-corrected chi connectivity index (χ0v) is 9.63. The fraction of sp³-hybridized carbons (Fsp3) is 0.357. The molecular formula is C14H15NO2. The molecule has 0 bridgehead atoms. The van der Waals surface area contributed by atoms with Gasteiger partial charge >= 0.3 is 0 Å².